The van der Waals surface area contributed by atoms with Crippen LogP contribution in [0.4, 0.5) is 5.69 Å². The Bertz CT molecular complexity index is 1140. The number of imidazole rings is 1. The van der Waals surface area contributed by atoms with E-state index in [0.717, 1.165) is 16.7 Å². The van der Waals surface area contributed by atoms with Crippen molar-refractivity contribution in [2.45, 2.75) is 31.8 Å². The van der Waals surface area contributed by atoms with Gasteiger partial charge in [0.25, 0.3) is 17.5 Å². The molecule has 0 saturated carbocycles. The van der Waals surface area contributed by atoms with Gasteiger partial charge in [0.05, 0.1) is 47.4 Å². The molecule has 2 aliphatic rings. The number of aromatic amines is 1. The van der Waals surface area contributed by atoms with Gasteiger partial charge in [0.15, 0.2) is 0 Å². The number of ether oxygens (including phenoxy) is 1. The van der Waals surface area contributed by atoms with Gasteiger partial charge in [-0.05, 0) is 12.5 Å². The smallest absolute Gasteiger partial charge is 0.329 e. The number of imide groups is 1. The number of hydrogen-bond acceptors (Lipinski definition) is 8. The van der Waals surface area contributed by atoms with Crippen LogP contribution >= 0.6 is 0 Å². The van der Waals surface area contributed by atoms with Gasteiger partial charge < -0.3 is 14.6 Å². The van der Waals surface area contributed by atoms with Crippen LogP contribution in [0.15, 0.2) is 24.5 Å². The molecule has 1 unspecified atom stereocenters. The van der Waals surface area contributed by atoms with Crippen LogP contribution in [0.1, 0.15) is 44.9 Å². The molecule has 32 heavy (non-hydrogen) atoms. The van der Waals surface area contributed by atoms with Gasteiger partial charge in [0.1, 0.15) is 6.04 Å². The summed E-state index contributed by atoms with van der Waals surface area (Å²) < 4.78 is 4.82. The molecule has 3 amide bonds. The first-order valence-electron chi connectivity index (χ1n) is 9.85. The van der Waals surface area contributed by atoms with Crippen LogP contribution in [0.5, 0.6) is 0 Å². The molecule has 1 atom stereocenters. The zero-order valence-electron chi connectivity index (χ0n) is 17.1. The van der Waals surface area contributed by atoms with Gasteiger partial charge >= 0.3 is 5.97 Å². The predicted octanol–water partition coefficient (Wildman–Crippen LogP) is 0.821. The highest BCUT2D eigenvalue weighted by Gasteiger charge is 2.38. The standard InChI is InChI=1S/C20H19N5O7/c1-32-20(29)16-8-14-15(22-10-21-14)9-24(16)17(26)3-2-6-23-18(27)12-5-4-11(25(30)31)7-13(12)19(23)28/h4-5,7,10,16H,2-3,6,8-9H2,1H3,(H,21,22). The number of non-ortho nitro benzene ring substituents is 1. The number of nitrogens with zero attached hydrogens (tertiary/aromatic N) is 4. The van der Waals surface area contributed by atoms with E-state index in [0.29, 0.717) is 5.69 Å². The molecule has 12 nitrogen and oxygen atoms in total. The van der Waals surface area contributed by atoms with E-state index in [2.05, 4.69) is 9.97 Å². The van der Waals surface area contributed by atoms with Gasteiger partial charge in [-0.1, -0.05) is 0 Å². The van der Waals surface area contributed by atoms with Crippen LogP contribution in [0.2, 0.25) is 0 Å². The van der Waals surface area contributed by atoms with Crippen molar-refractivity contribution in [1.29, 1.82) is 0 Å². The second-order valence-corrected chi connectivity index (χ2v) is 7.44. The maximum absolute atomic E-state index is 12.9. The van der Waals surface area contributed by atoms with E-state index in [1.54, 1.807) is 0 Å². The average Bonchev–Trinajstić information content (AvgIpc) is 3.35. The molecule has 1 aromatic carbocycles. The van der Waals surface area contributed by atoms with E-state index in [1.807, 2.05) is 0 Å². The monoisotopic (exact) mass is 441 g/mol. The Morgan fingerprint density at radius 3 is 2.75 bits per heavy atom. The fraction of sp³-hybridized carbons (Fsp3) is 0.350. The highest BCUT2D eigenvalue weighted by molar-refractivity contribution is 6.21. The van der Waals surface area contributed by atoms with Crippen molar-refractivity contribution in [2.75, 3.05) is 13.7 Å². The number of rotatable bonds is 6. The molecule has 0 fully saturated rings. The molecule has 0 spiro atoms. The quantitative estimate of drug-likeness (QED) is 0.299. The van der Waals surface area contributed by atoms with E-state index < -0.39 is 28.7 Å². The first kappa shape index (κ1) is 21.2. The minimum absolute atomic E-state index is 0.00941. The van der Waals surface area contributed by atoms with Crippen molar-refractivity contribution in [3.05, 3.63) is 57.2 Å². The summed E-state index contributed by atoms with van der Waals surface area (Å²) in [6.45, 7) is 0.141. The van der Waals surface area contributed by atoms with E-state index in [9.17, 15) is 29.3 Å². The summed E-state index contributed by atoms with van der Waals surface area (Å²) in [5.41, 5.74) is 1.23. The molecule has 0 aliphatic carbocycles. The number of aromatic nitrogens is 2. The second-order valence-electron chi connectivity index (χ2n) is 7.44. The summed E-state index contributed by atoms with van der Waals surface area (Å²) in [4.78, 5) is 69.9. The summed E-state index contributed by atoms with van der Waals surface area (Å²) in [6.07, 6.45) is 1.89. The van der Waals surface area contributed by atoms with Gasteiger partial charge in [-0.3, -0.25) is 29.4 Å². The number of nitro groups is 1. The Hall–Kier alpha value is -4.09. The fourth-order valence-electron chi connectivity index (χ4n) is 3.97. The van der Waals surface area contributed by atoms with Gasteiger partial charge in [0, 0.05) is 31.5 Å². The SMILES string of the molecule is COC(=O)C1Cc2nc[nH]c2CN1C(=O)CCCN1C(=O)c2ccc([N+](=O)[O-])cc2C1=O. The molecule has 4 rings (SSSR count). The number of carbonyl (C=O) groups excluding carboxylic acids is 4. The lowest BCUT2D eigenvalue weighted by Gasteiger charge is -2.33. The summed E-state index contributed by atoms with van der Waals surface area (Å²) in [7, 11) is 1.25. The molecule has 3 heterocycles. The van der Waals surface area contributed by atoms with Crippen molar-refractivity contribution in [1.82, 2.24) is 19.8 Å². The molecule has 0 saturated heterocycles. The number of esters is 1. The molecule has 166 valence electrons. The average molecular weight is 441 g/mol. The molecule has 2 aliphatic heterocycles. The molecular weight excluding hydrogens is 422 g/mol. The minimum atomic E-state index is -0.803. The van der Waals surface area contributed by atoms with Crippen molar-refractivity contribution in [2.24, 2.45) is 0 Å². The lowest BCUT2D eigenvalue weighted by molar-refractivity contribution is -0.384. The molecule has 1 N–H and O–H groups in total. The summed E-state index contributed by atoms with van der Waals surface area (Å²) in [6, 6.07) is 2.71. The zero-order chi connectivity index (χ0) is 23.0. The minimum Gasteiger partial charge on any atom is -0.467 e. The Kier molecular flexibility index (Phi) is 5.43. The highest BCUT2D eigenvalue weighted by Crippen LogP contribution is 2.27. The lowest BCUT2D eigenvalue weighted by atomic mass is 10.0. The highest BCUT2D eigenvalue weighted by atomic mass is 16.6. The molecule has 0 bridgehead atoms. The number of H-pyrrole nitrogens is 1. The molecule has 12 heteroatoms. The maximum atomic E-state index is 12.9. The second kappa shape index (κ2) is 8.21. The summed E-state index contributed by atoms with van der Waals surface area (Å²) in [5, 5.41) is 10.9. The number of nitro benzene ring substituents is 1. The van der Waals surface area contributed by atoms with E-state index in [1.165, 1.54) is 30.5 Å². The third-order valence-electron chi connectivity index (χ3n) is 5.63. The van der Waals surface area contributed by atoms with Gasteiger partial charge in [-0.25, -0.2) is 9.78 Å². The van der Waals surface area contributed by atoms with Gasteiger partial charge in [-0.15, -0.1) is 0 Å². The van der Waals surface area contributed by atoms with E-state index >= 15 is 0 Å². The molecule has 2 aromatic rings. The van der Waals surface area contributed by atoms with Crippen LogP contribution in [0, 0.1) is 10.1 Å². The number of nitrogens with one attached hydrogen (secondary N) is 1. The Morgan fingerprint density at radius 1 is 1.28 bits per heavy atom. The summed E-state index contributed by atoms with van der Waals surface area (Å²) in [5.74, 6) is -2.06. The first-order valence-corrected chi connectivity index (χ1v) is 9.85. The van der Waals surface area contributed by atoms with Crippen LogP contribution in [0.25, 0.3) is 0 Å². The Labute approximate surface area is 181 Å². The number of hydrogen-bond donors (Lipinski definition) is 1. The maximum Gasteiger partial charge on any atom is 0.329 e. The largest absolute Gasteiger partial charge is 0.467 e. The number of benzene rings is 1. The van der Waals surface area contributed by atoms with Crippen molar-refractivity contribution in [3.63, 3.8) is 0 Å². The topological polar surface area (TPSA) is 156 Å². The molecule has 1 aromatic heterocycles. The van der Waals surface area contributed by atoms with Gasteiger partial charge in [0.2, 0.25) is 5.91 Å². The van der Waals surface area contributed by atoms with Crippen LogP contribution in [-0.2, 0) is 27.3 Å². The normalized spacial score (nSPS) is 17.2. The van der Waals surface area contributed by atoms with E-state index in [-0.39, 0.29) is 55.1 Å². The third-order valence-corrected chi connectivity index (χ3v) is 5.63. The zero-order valence-corrected chi connectivity index (χ0v) is 17.1. The predicted molar refractivity (Wildman–Crippen MR) is 106 cm³/mol. The number of methoxy groups -OCH3 is 1. The fourth-order valence-corrected chi connectivity index (χ4v) is 3.97. The van der Waals surface area contributed by atoms with Gasteiger partial charge in [-0.2, -0.15) is 0 Å². The Balaban J connectivity index is 1.41. The van der Waals surface area contributed by atoms with Crippen molar-refractivity contribution < 1.29 is 28.8 Å². The van der Waals surface area contributed by atoms with Crippen molar-refractivity contribution in [3.8, 4) is 0 Å². The van der Waals surface area contributed by atoms with E-state index in [4.69, 9.17) is 4.74 Å². The Morgan fingerprint density at radius 2 is 2.03 bits per heavy atom. The molecule has 0 radical (unpaired) electrons. The number of fused-ring (bicyclic) bond motifs is 2. The van der Waals surface area contributed by atoms with Crippen LogP contribution in [-0.4, -0.2) is 68.1 Å². The molecular formula is C20H19N5O7. The third kappa shape index (κ3) is 3.59. The van der Waals surface area contributed by atoms with Crippen LogP contribution < -0.4 is 0 Å². The van der Waals surface area contributed by atoms with Crippen LogP contribution in [0.3, 0.4) is 0 Å². The summed E-state index contributed by atoms with van der Waals surface area (Å²) >= 11 is 0. The number of carbonyl (C=O) groups is 4. The number of amides is 3. The van der Waals surface area contributed by atoms with Crippen molar-refractivity contribution >= 4 is 29.4 Å². The first-order chi connectivity index (χ1) is 15.3. The lowest BCUT2D eigenvalue weighted by Crippen LogP contribution is -2.49.